The van der Waals surface area contributed by atoms with Crippen LogP contribution in [0.1, 0.15) is 0 Å². The number of anilines is 3. The molecular weight excluding hydrogens is 593 g/mol. The minimum absolute atomic E-state index is 0.0292. The van der Waals surface area contributed by atoms with E-state index in [1.807, 2.05) is 24.4 Å². The van der Waals surface area contributed by atoms with E-state index in [0.717, 1.165) is 95.2 Å². The summed E-state index contributed by atoms with van der Waals surface area (Å²) in [4.78, 5) is 6.97. The summed E-state index contributed by atoms with van der Waals surface area (Å²) in [5.41, 5.74) is 12.3. The second kappa shape index (κ2) is 8.66. The molecule has 0 bridgehead atoms. The van der Waals surface area contributed by atoms with Crippen molar-refractivity contribution in [2.24, 2.45) is 0 Å². The molecule has 3 aliphatic heterocycles. The number of pyridine rings is 1. The van der Waals surface area contributed by atoms with Gasteiger partial charge >= 0.3 is 0 Å². The summed E-state index contributed by atoms with van der Waals surface area (Å²) < 4.78 is 22.2. The zero-order valence-electron chi connectivity index (χ0n) is 25.3. The van der Waals surface area contributed by atoms with E-state index in [9.17, 15) is 0 Å². The highest BCUT2D eigenvalue weighted by Crippen LogP contribution is 2.47. The largest absolute Gasteiger partial charge is 0.458 e. The van der Waals surface area contributed by atoms with Crippen molar-refractivity contribution in [2.75, 3.05) is 4.90 Å². The van der Waals surface area contributed by atoms with Gasteiger partial charge in [0.05, 0.1) is 16.7 Å². The van der Waals surface area contributed by atoms with E-state index in [2.05, 4.69) is 124 Å². The van der Waals surface area contributed by atoms with Crippen molar-refractivity contribution in [1.82, 2.24) is 9.55 Å². The van der Waals surface area contributed by atoms with Crippen molar-refractivity contribution in [1.29, 1.82) is 0 Å². The van der Waals surface area contributed by atoms with Crippen molar-refractivity contribution >= 4 is 84.0 Å². The van der Waals surface area contributed by atoms with Crippen LogP contribution in [0.5, 0.6) is 23.0 Å². The highest BCUT2D eigenvalue weighted by Gasteiger charge is 2.47. The van der Waals surface area contributed by atoms with Crippen LogP contribution in [0.15, 0.2) is 138 Å². The van der Waals surface area contributed by atoms with Crippen molar-refractivity contribution in [3.05, 3.63) is 134 Å². The first-order valence-corrected chi connectivity index (χ1v) is 16.2. The van der Waals surface area contributed by atoms with Gasteiger partial charge in [0, 0.05) is 57.0 Å². The molecule has 7 heteroatoms. The van der Waals surface area contributed by atoms with Crippen LogP contribution >= 0.6 is 0 Å². The molecule has 3 aliphatic rings. The predicted octanol–water partition coefficient (Wildman–Crippen LogP) is 8.59. The number of benzene rings is 6. The number of furan rings is 1. The number of para-hydroxylation sites is 2. The molecule has 0 radical (unpaired) electrons. The van der Waals surface area contributed by atoms with Gasteiger partial charge in [-0.15, -0.1) is 0 Å². The van der Waals surface area contributed by atoms with Crippen LogP contribution in [-0.2, 0) is 0 Å². The maximum atomic E-state index is 6.87. The molecule has 48 heavy (non-hydrogen) atoms. The fraction of sp³-hybridized carbons (Fsp3) is 0. The van der Waals surface area contributed by atoms with Crippen LogP contribution in [0, 0.1) is 0 Å². The number of nitrogens with zero attached hydrogens (tertiary/aromatic N) is 3. The molecule has 222 valence electrons. The molecule has 0 N–H and O–H groups in total. The average Bonchev–Trinajstić information content (AvgIpc) is 3.67. The van der Waals surface area contributed by atoms with Gasteiger partial charge < -0.3 is 23.4 Å². The third kappa shape index (κ3) is 3.02. The number of fused-ring (bicyclic) bond motifs is 6. The van der Waals surface area contributed by atoms with Gasteiger partial charge in [-0.2, -0.15) is 0 Å². The lowest BCUT2D eigenvalue weighted by Crippen LogP contribution is -2.61. The van der Waals surface area contributed by atoms with Crippen LogP contribution < -0.4 is 30.8 Å². The Balaban J connectivity index is 1.10. The normalized spacial score (nSPS) is 13.7. The molecule has 12 rings (SSSR count). The monoisotopic (exact) mass is 615 g/mol. The molecule has 0 spiro atoms. The smallest absolute Gasteiger partial charge is 0.266 e. The highest BCUT2D eigenvalue weighted by atomic mass is 16.5. The number of rotatable bonds is 2. The van der Waals surface area contributed by atoms with Gasteiger partial charge in [0.25, 0.3) is 6.71 Å². The van der Waals surface area contributed by atoms with Crippen molar-refractivity contribution in [3.63, 3.8) is 0 Å². The second-order valence-corrected chi connectivity index (χ2v) is 12.7. The SMILES string of the molecule is c1cc2c3c(c1)N(c1ccc4oc5cccnc5c4c1)c1cccc4c1B3c1c(cc(-n3c5ccccc5c5ccccc53)cc1O4)O2. The maximum absolute atomic E-state index is 6.87. The van der Waals surface area contributed by atoms with Crippen molar-refractivity contribution in [2.45, 2.75) is 0 Å². The van der Waals surface area contributed by atoms with Gasteiger partial charge in [-0.05, 0) is 77.7 Å². The average molecular weight is 615 g/mol. The second-order valence-electron chi connectivity index (χ2n) is 12.7. The first-order chi connectivity index (χ1) is 23.8. The number of hydrogen-bond donors (Lipinski definition) is 0. The standard InChI is InChI=1S/C41H22BN3O3/c1-3-10-28-25(8-1)26-9-2-4-11-29(26)45(28)24-21-36-40-37(22-24)48-34-15-6-13-31-39(34)42(40)38-30(12-5-14-33(38)47-36)44(31)23-17-18-32-27(20-23)41-35(46-32)16-7-19-43-41/h1-22H. The third-order valence-corrected chi connectivity index (χ3v) is 10.3. The molecule has 6 aromatic carbocycles. The Hall–Kier alpha value is -6.47. The van der Waals surface area contributed by atoms with Gasteiger partial charge in [0.1, 0.15) is 34.1 Å². The first-order valence-electron chi connectivity index (χ1n) is 16.2. The molecule has 0 fully saturated rings. The van der Waals surface area contributed by atoms with Gasteiger partial charge in [-0.25, -0.2) is 0 Å². The molecule has 0 saturated carbocycles. The van der Waals surface area contributed by atoms with Crippen LogP contribution in [0.4, 0.5) is 17.1 Å². The molecule has 6 heterocycles. The van der Waals surface area contributed by atoms with Crippen LogP contribution in [0.25, 0.3) is 49.6 Å². The molecule has 0 atom stereocenters. The first kappa shape index (κ1) is 24.7. The molecule has 0 amide bonds. The quantitative estimate of drug-likeness (QED) is 0.182. The van der Waals surface area contributed by atoms with E-state index in [1.54, 1.807) is 0 Å². The molecule has 0 saturated heterocycles. The topological polar surface area (TPSA) is 52.7 Å². The fourth-order valence-electron chi connectivity index (χ4n) is 8.39. The van der Waals surface area contributed by atoms with E-state index in [0.29, 0.717) is 0 Å². The summed E-state index contributed by atoms with van der Waals surface area (Å²) in [6.07, 6.45) is 1.81. The highest BCUT2D eigenvalue weighted by molar-refractivity contribution is 7.00. The lowest BCUT2D eigenvalue weighted by Gasteiger charge is -2.42. The van der Waals surface area contributed by atoms with E-state index in [1.165, 1.54) is 10.8 Å². The van der Waals surface area contributed by atoms with E-state index in [-0.39, 0.29) is 6.71 Å². The third-order valence-electron chi connectivity index (χ3n) is 10.3. The number of hydrogen-bond acceptors (Lipinski definition) is 5. The zero-order valence-corrected chi connectivity index (χ0v) is 25.3. The molecule has 9 aromatic rings. The Morgan fingerprint density at radius 3 is 1.85 bits per heavy atom. The van der Waals surface area contributed by atoms with E-state index >= 15 is 0 Å². The van der Waals surface area contributed by atoms with Gasteiger partial charge in [-0.1, -0.05) is 48.5 Å². The predicted molar refractivity (Wildman–Crippen MR) is 192 cm³/mol. The minimum Gasteiger partial charge on any atom is -0.458 e. The van der Waals surface area contributed by atoms with Crippen LogP contribution in [0.3, 0.4) is 0 Å². The van der Waals surface area contributed by atoms with Gasteiger partial charge in [0.15, 0.2) is 5.58 Å². The molecule has 6 nitrogen and oxygen atoms in total. The summed E-state index contributed by atoms with van der Waals surface area (Å²) in [6, 6.07) is 44.5. The Bertz CT molecular complexity index is 2760. The number of aromatic nitrogens is 2. The Kier molecular flexibility index (Phi) is 4.46. The summed E-state index contributed by atoms with van der Waals surface area (Å²) in [5, 5.41) is 3.42. The van der Waals surface area contributed by atoms with E-state index in [4.69, 9.17) is 13.9 Å². The molecular formula is C41H22BN3O3. The van der Waals surface area contributed by atoms with Gasteiger partial charge in [0.2, 0.25) is 0 Å². The summed E-state index contributed by atoms with van der Waals surface area (Å²) in [7, 11) is 0. The van der Waals surface area contributed by atoms with Gasteiger partial charge in [-0.3, -0.25) is 4.98 Å². The Labute approximate surface area is 274 Å². The Morgan fingerprint density at radius 2 is 1.17 bits per heavy atom. The minimum atomic E-state index is -0.0292. The van der Waals surface area contributed by atoms with Crippen LogP contribution in [-0.4, -0.2) is 16.3 Å². The molecule has 0 unspecified atom stereocenters. The summed E-state index contributed by atoms with van der Waals surface area (Å²) >= 11 is 0. The fourth-order valence-corrected chi connectivity index (χ4v) is 8.39. The number of ether oxygens (including phenoxy) is 2. The van der Waals surface area contributed by atoms with Crippen molar-refractivity contribution < 1.29 is 13.9 Å². The molecule has 3 aromatic heterocycles. The maximum Gasteiger partial charge on any atom is 0.266 e. The Morgan fingerprint density at radius 1 is 0.500 bits per heavy atom. The summed E-state index contributed by atoms with van der Waals surface area (Å²) in [5.74, 6) is 3.37. The lowest BCUT2D eigenvalue weighted by atomic mass is 9.33. The molecule has 0 aliphatic carbocycles. The van der Waals surface area contributed by atoms with E-state index < -0.39 is 0 Å². The lowest BCUT2D eigenvalue weighted by molar-refractivity contribution is 0.464. The zero-order chi connectivity index (χ0) is 31.1. The van der Waals surface area contributed by atoms with Crippen molar-refractivity contribution in [3.8, 4) is 28.7 Å². The van der Waals surface area contributed by atoms with Crippen LogP contribution in [0.2, 0.25) is 0 Å². The summed E-state index contributed by atoms with van der Waals surface area (Å²) in [6.45, 7) is -0.0292.